The highest BCUT2D eigenvalue weighted by Crippen LogP contribution is 2.28. The van der Waals surface area contributed by atoms with E-state index in [2.05, 4.69) is 0 Å². The van der Waals surface area contributed by atoms with Crippen molar-refractivity contribution >= 4 is 5.91 Å². The molecule has 1 saturated heterocycles. The van der Waals surface area contributed by atoms with Gasteiger partial charge in [0, 0.05) is 25.2 Å². The van der Waals surface area contributed by atoms with Gasteiger partial charge in [0.25, 0.3) is 5.91 Å². The Hall–Kier alpha value is -1.79. The Morgan fingerprint density at radius 3 is 2.86 bits per heavy atom. The number of methoxy groups -OCH3 is 1. The summed E-state index contributed by atoms with van der Waals surface area (Å²) in [6, 6.07) is 4.64. The molecule has 1 fully saturated rings. The molecule has 6 nitrogen and oxygen atoms in total. The number of hydrogen-bond acceptors (Lipinski definition) is 5. The summed E-state index contributed by atoms with van der Waals surface area (Å²) in [5, 5.41) is 9.80. The zero-order valence-corrected chi connectivity index (χ0v) is 12.6. The minimum Gasteiger partial charge on any atom is -0.504 e. The van der Waals surface area contributed by atoms with Crippen molar-refractivity contribution in [3.05, 3.63) is 23.8 Å². The van der Waals surface area contributed by atoms with Gasteiger partial charge in [0.2, 0.25) is 0 Å². The van der Waals surface area contributed by atoms with Crippen LogP contribution in [0.15, 0.2) is 18.2 Å². The molecule has 116 valence electrons. The van der Waals surface area contributed by atoms with Crippen LogP contribution in [0, 0.1) is 0 Å². The summed E-state index contributed by atoms with van der Waals surface area (Å²) >= 11 is 0. The maximum Gasteiger partial charge on any atom is 0.254 e. The predicted octanol–water partition coefficient (Wildman–Crippen LogP) is 0.979. The molecule has 2 rings (SSSR count). The lowest BCUT2D eigenvalue weighted by molar-refractivity contribution is -0.122. The van der Waals surface area contributed by atoms with Crippen LogP contribution in [0.1, 0.15) is 24.2 Å². The zero-order chi connectivity index (χ0) is 15.6. The lowest BCUT2D eigenvalue weighted by atomic mass is 10.0. The predicted molar refractivity (Wildman–Crippen MR) is 78.6 cm³/mol. The van der Waals surface area contributed by atoms with Crippen LogP contribution in [0.2, 0.25) is 0 Å². The number of morpholine rings is 1. The van der Waals surface area contributed by atoms with E-state index < -0.39 is 5.60 Å². The van der Waals surface area contributed by atoms with E-state index in [1.165, 1.54) is 13.2 Å². The van der Waals surface area contributed by atoms with Crippen LogP contribution in [-0.4, -0.2) is 54.4 Å². The minimum atomic E-state index is -0.438. The lowest BCUT2D eigenvalue weighted by Crippen LogP contribution is -2.56. The van der Waals surface area contributed by atoms with Crippen LogP contribution in [-0.2, 0) is 4.74 Å². The van der Waals surface area contributed by atoms with Crippen molar-refractivity contribution in [2.24, 2.45) is 5.73 Å². The van der Waals surface area contributed by atoms with E-state index in [1.54, 1.807) is 17.0 Å². The Kier molecular flexibility index (Phi) is 4.39. The summed E-state index contributed by atoms with van der Waals surface area (Å²) in [7, 11) is 1.47. The SMILES string of the molecule is COc1ccc(C(=O)N2CC(CN)OC(C)(C)C2)cc1O. The third-order valence-electron chi connectivity index (χ3n) is 3.46. The summed E-state index contributed by atoms with van der Waals surface area (Å²) in [6.45, 7) is 5.16. The molecule has 0 saturated carbocycles. The summed E-state index contributed by atoms with van der Waals surface area (Å²) in [5.74, 6) is 0.141. The molecule has 1 heterocycles. The number of nitrogens with two attached hydrogens (primary N) is 1. The fourth-order valence-electron chi connectivity index (χ4n) is 2.58. The van der Waals surface area contributed by atoms with Gasteiger partial charge in [-0.1, -0.05) is 0 Å². The molecule has 1 amide bonds. The monoisotopic (exact) mass is 294 g/mol. The summed E-state index contributed by atoms with van der Waals surface area (Å²) in [5.41, 5.74) is 5.65. The Balaban J connectivity index is 2.20. The highest BCUT2D eigenvalue weighted by atomic mass is 16.5. The first-order chi connectivity index (χ1) is 9.86. The van der Waals surface area contributed by atoms with E-state index in [9.17, 15) is 9.90 Å². The summed E-state index contributed by atoms with van der Waals surface area (Å²) in [6.07, 6.45) is -0.176. The number of benzene rings is 1. The molecule has 1 atom stereocenters. The highest BCUT2D eigenvalue weighted by molar-refractivity contribution is 5.95. The Morgan fingerprint density at radius 1 is 1.57 bits per heavy atom. The van der Waals surface area contributed by atoms with E-state index in [4.69, 9.17) is 15.2 Å². The third-order valence-corrected chi connectivity index (χ3v) is 3.46. The molecule has 1 aliphatic rings. The van der Waals surface area contributed by atoms with Crippen LogP contribution in [0.4, 0.5) is 0 Å². The van der Waals surface area contributed by atoms with Crippen molar-refractivity contribution in [3.8, 4) is 11.5 Å². The normalized spacial score (nSPS) is 21.1. The minimum absolute atomic E-state index is 0.0498. The number of hydrogen-bond donors (Lipinski definition) is 2. The molecular formula is C15H22N2O4. The number of carbonyl (C=O) groups excluding carboxylic acids is 1. The van der Waals surface area contributed by atoms with E-state index in [0.29, 0.717) is 30.9 Å². The van der Waals surface area contributed by atoms with Crippen molar-refractivity contribution in [2.75, 3.05) is 26.7 Å². The van der Waals surface area contributed by atoms with Crippen molar-refractivity contribution in [1.82, 2.24) is 4.90 Å². The first kappa shape index (κ1) is 15.6. The van der Waals surface area contributed by atoms with Gasteiger partial charge < -0.3 is 25.2 Å². The molecule has 1 unspecified atom stereocenters. The first-order valence-electron chi connectivity index (χ1n) is 6.90. The maximum atomic E-state index is 12.6. The summed E-state index contributed by atoms with van der Waals surface area (Å²) in [4.78, 5) is 14.3. The molecule has 0 bridgehead atoms. The van der Waals surface area contributed by atoms with Gasteiger partial charge in [0.15, 0.2) is 11.5 Å². The van der Waals surface area contributed by atoms with E-state index in [1.807, 2.05) is 13.8 Å². The highest BCUT2D eigenvalue weighted by Gasteiger charge is 2.35. The van der Waals surface area contributed by atoms with Crippen LogP contribution in [0.25, 0.3) is 0 Å². The van der Waals surface area contributed by atoms with Gasteiger partial charge in [-0.05, 0) is 32.0 Å². The molecule has 1 aromatic carbocycles. The first-order valence-corrected chi connectivity index (χ1v) is 6.90. The average molecular weight is 294 g/mol. The number of phenolic OH excluding ortho intramolecular Hbond substituents is 1. The number of phenols is 1. The topological polar surface area (TPSA) is 85.0 Å². The van der Waals surface area contributed by atoms with Gasteiger partial charge in [-0.3, -0.25) is 4.79 Å². The zero-order valence-electron chi connectivity index (χ0n) is 12.6. The van der Waals surface area contributed by atoms with E-state index >= 15 is 0 Å². The number of nitrogens with zero attached hydrogens (tertiary/aromatic N) is 1. The smallest absolute Gasteiger partial charge is 0.254 e. The van der Waals surface area contributed by atoms with Gasteiger partial charge in [0.05, 0.1) is 18.8 Å². The number of ether oxygens (including phenoxy) is 2. The Labute approximate surface area is 124 Å². The molecule has 0 aromatic heterocycles. The molecule has 0 radical (unpaired) electrons. The van der Waals surface area contributed by atoms with Crippen LogP contribution < -0.4 is 10.5 Å². The molecule has 1 aromatic rings. The van der Waals surface area contributed by atoms with Gasteiger partial charge >= 0.3 is 0 Å². The van der Waals surface area contributed by atoms with Gasteiger partial charge in [-0.25, -0.2) is 0 Å². The Bertz CT molecular complexity index is 530. The van der Waals surface area contributed by atoms with E-state index in [0.717, 1.165) is 0 Å². The van der Waals surface area contributed by atoms with E-state index in [-0.39, 0.29) is 17.8 Å². The van der Waals surface area contributed by atoms with Crippen LogP contribution in [0.3, 0.4) is 0 Å². The van der Waals surface area contributed by atoms with Gasteiger partial charge in [-0.15, -0.1) is 0 Å². The number of carbonyl (C=O) groups is 1. The number of amides is 1. The third kappa shape index (κ3) is 3.46. The van der Waals surface area contributed by atoms with Crippen LogP contribution in [0.5, 0.6) is 11.5 Å². The fraction of sp³-hybridized carbons (Fsp3) is 0.533. The van der Waals surface area contributed by atoms with Crippen molar-refractivity contribution in [2.45, 2.75) is 25.6 Å². The van der Waals surface area contributed by atoms with Crippen molar-refractivity contribution in [1.29, 1.82) is 0 Å². The van der Waals surface area contributed by atoms with Gasteiger partial charge in [-0.2, -0.15) is 0 Å². The second kappa shape index (κ2) is 5.91. The quantitative estimate of drug-likeness (QED) is 0.868. The molecule has 1 aliphatic heterocycles. The second-order valence-corrected chi connectivity index (χ2v) is 5.81. The average Bonchev–Trinajstić information content (AvgIpc) is 2.44. The van der Waals surface area contributed by atoms with Crippen molar-refractivity contribution in [3.63, 3.8) is 0 Å². The molecule has 6 heteroatoms. The fourth-order valence-corrected chi connectivity index (χ4v) is 2.58. The molecular weight excluding hydrogens is 272 g/mol. The van der Waals surface area contributed by atoms with Gasteiger partial charge in [0.1, 0.15) is 0 Å². The Morgan fingerprint density at radius 2 is 2.29 bits per heavy atom. The second-order valence-electron chi connectivity index (χ2n) is 5.81. The number of rotatable bonds is 3. The largest absolute Gasteiger partial charge is 0.504 e. The molecule has 21 heavy (non-hydrogen) atoms. The van der Waals surface area contributed by atoms with Crippen molar-refractivity contribution < 1.29 is 19.4 Å². The lowest BCUT2D eigenvalue weighted by Gasteiger charge is -2.42. The molecule has 3 N–H and O–H groups in total. The molecule has 0 aliphatic carbocycles. The van der Waals surface area contributed by atoms with Crippen LogP contribution >= 0.6 is 0 Å². The summed E-state index contributed by atoms with van der Waals surface area (Å²) < 4.78 is 10.8. The number of aromatic hydroxyl groups is 1. The maximum absolute atomic E-state index is 12.6. The molecule has 0 spiro atoms. The standard InChI is InChI=1S/C15H22N2O4/c1-15(2)9-17(8-11(7-16)21-15)14(19)10-4-5-13(20-3)12(18)6-10/h4-6,11,18H,7-9,16H2,1-3H3.